The van der Waals surface area contributed by atoms with Crippen LogP contribution >= 0.6 is 0 Å². The Morgan fingerprint density at radius 2 is 2.00 bits per heavy atom. The first kappa shape index (κ1) is 19.2. The minimum atomic E-state index is 0.173. The highest BCUT2D eigenvalue weighted by Crippen LogP contribution is 2.21. The van der Waals surface area contributed by atoms with E-state index in [1.54, 1.807) is 0 Å². The smallest absolute Gasteiger partial charge is 0.244 e. The van der Waals surface area contributed by atoms with Gasteiger partial charge in [-0.05, 0) is 43.5 Å². The number of piperidine rings is 1. The van der Waals surface area contributed by atoms with Crippen LogP contribution in [0.5, 0.6) is 0 Å². The SMILES string of the molecule is Cc1ccccc1CN1CCN(C(=O)Cn2ccc(C3CCCNC3)n2)CC1. The molecule has 2 aliphatic heterocycles. The van der Waals surface area contributed by atoms with Crippen molar-refractivity contribution >= 4 is 5.91 Å². The zero-order chi connectivity index (χ0) is 19.3. The number of rotatable bonds is 5. The van der Waals surface area contributed by atoms with E-state index >= 15 is 0 Å². The molecular weight excluding hydrogens is 350 g/mol. The van der Waals surface area contributed by atoms with Crippen LogP contribution in [0.25, 0.3) is 0 Å². The summed E-state index contributed by atoms with van der Waals surface area (Å²) >= 11 is 0. The second-order valence-electron chi connectivity index (χ2n) is 8.06. The van der Waals surface area contributed by atoms with Gasteiger partial charge in [-0.2, -0.15) is 5.10 Å². The highest BCUT2D eigenvalue weighted by Gasteiger charge is 2.23. The van der Waals surface area contributed by atoms with Crippen molar-refractivity contribution in [2.24, 2.45) is 0 Å². The topological polar surface area (TPSA) is 53.4 Å². The lowest BCUT2D eigenvalue weighted by Crippen LogP contribution is -2.49. The third-order valence-electron chi connectivity index (χ3n) is 6.05. The van der Waals surface area contributed by atoms with Crippen LogP contribution in [0.4, 0.5) is 0 Å². The third-order valence-corrected chi connectivity index (χ3v) is 6.05. The molecule has 1 aromatic heterocycles. The van der Waals surface area contributed by atoms with Gasteiger partial charge in [0.05, 0.1) is 5.69 Å². The van der Waals surface area contributed by atoms with Gasteiger partial charge in [0.15, 0.2) is 0 Å². The Morgan fingerprint density at radius 1 is 1.18 bits per heavy atom. The highest BCUT2D eigenvalue weighted by molar-refractivity contribution is 5.76. The minimum absolute atomic E-state index is 0.173. The lowest BCUT2D eigenvalue weighted by Gasteiger charge is -2.35. The number of amides is 1. The van der Waals surface area contributed by atoms with Crippen LogP contribution in [0.3, 0.4) is 0 Å². The number of nitrogens with zero attached hydrogens (tertiary/aromatic N) is 4. The van der Waals surface area contributed by atoms with Crippen LogP contribution in [0.15, 0.2) is 36.5 Å². The molecule has 0 spiro atoms. The number of aromatic nitrogens is 2. The van der Waals surface area contributed by atoms with Gasteiger partial charge in [-0.3, -0.25) is 14.4 Å². The van der Waals surface area contributed by atoms with E-state index in [4.69, 9.17) is 0 Å². The first-order valence-corrected chi connectivity index (χ1v) is 10.5. The summed E-state index contributed by atoms with van der Waals surface area (Å²) in [5.41, 5.74) is 3.83. The number of piperazine rings is 1. The molecule has 1 unspecified atom stereocenters. The molecule has 6 nitrogen and oxygen atoms in total. The van der Waals surface area contributed by atoms with Gasteiger partial charge in [0.1, 0.15) is 6.54 Å². The molecule has 2 saturated heterocycles. The van der Waals surface area contributed by atoms with Crippen molar-refractivity contribution in [3.63, 3.8) is 0 Å². The van der Waals surface area contributed by atoms with E-state index in [1.165, 1.54) is 24.0 Å². The van der Waals surface area contributed by atoms with Gasteiger partial charge in [0.25, 0.3) is 0 Å². The molecule has 6 heteroatoms. The van der Waals surface area contributed by atoms with E-state index in [1.807, 2.05) is 15.8 Å². The fraction of sp³-hybridized carbons (Fsp3) is 0.545. The van der Waals surface area contributed by atoms with E-state index < -0.39 is 0 Å². The first-order valence-electron chi connectivity index (χ1n) is 10.5. The molecule has 0 aliphatic carbocycles. The van der Waals surface area contributed by atoms with Gasteiger partial charge < -0.3 is 10.2 Å². The van der Waals surface area contributed by atoms with Gasteiger partial charge in [-0.15, -0.1) is 0 Å². The maximum absolute atomic E-state index is 12.7. The number of aryl methyl sites for hydroxylation is 1. The molecule has 1 atom stereocenters. The van der Waals surface area contributed by atoms with E-state index in [-0.39, 0.29) is 5.91 Å². The quantitative estimate of drug-likeness (QED) is 0.861. The summed E-state index contributed by atoms with van der Waals surface area (Å²) in [7, 11) is 0. The van der Waals surface area contributed by atoms with Gasteiger partial charge >= 0.3 is 0 Å². The largest absolute Gasteiger partial charge is 0.339 e. The average molecular weight is 382 g/mol. The number of carbonyl (C=O) groups excluding carboxylic acids is 1. The number of hydrogen-bond donors (Lipinski definition) is 1. The minimum Gasteiger partial charge on any atom is -0.339 e. The van der Waals surface area contributed by atoms with Gasteiger partial charge in [0, 0.05) is 51.4 Å². The first-order chi connectivity index (χ1) is 13.7. The van der Waals surface area contributed by atoms with Crippen molar-refractivity contribution in [2.45, 2.75) is 38.8 Å². The Hall–Kier alpha value is -2.18. The zero-order valence-electron chi connectivity index (χ0n) is 16.8. The molecule has 3 heterocycles. The van der Waals surface area contributed by atoms with Gasteiger partial charge in [0.2, 0.25) is 5.91 Å². The molecule has 0 bridgehead atoms. The van der Waals surface area contributed by atoms with Crippen molar-refractivity contribution in [1.29, 1.82) is 0 Å². The molecule has 2 aromatic rings. The molecule has 2 aliphatic rings. The summed E-state index contributed by atoms with van der Waals surface area (Å²) < 4.78 is 1.81. The summed E-state index contributed by atoms with van der Waals surface area (Å²) in [5, 5.41) is 8.10. The van der Waals surface area contributed by atoms with Crippen LogP contribution in [-0.2, 0) is 17.9 Å². The molecule has 0 saturated carbocycles. The number of carbonyl (C=O) groups is 1. The van der Waals surface area contributed by atoms with Crippen molar-refractivity contribution in [1.82, 2.24) is 24.9 Å². The molecule has 4 rings (SSSR count). The van der Waals surface area contributed by atoms with Crippen molar-refractivity contribution in [2.75, 3.05) is 39.3 Å². The van der Waals surface area contributed by atoms with E-state index in [9.17, 15) is 4.79 Å². The van der Waals surface area contributed by atoms with Crippen LogP contribution in [0.1, 0.15) is 35.6 Å². The Labute approximate surface area is 167 Å². The molecular formula is C22H31N5O. The predicted molar refractivity (Wildman–Crippen MR) is 110 cm³/mol. The fourth-order valence-electron chi connectivity index (χ4n) is 4.21. The summed E-state index contributed by atoms with van der Waals surface area (Å²) in [6.07, 6.45) is 4.33. The second kappa shape index (κ2) is 8.88. The van der Waals surface area contributed by atoms with Crippen LogP contribution < -0.4 is 5.32 Å². The Balaban J connectivity index is 1.26. The summed E-state index contributed by atoms with van der Waals surface area (Å²) in [6.45, 7) is 9.02. The van der Waals surface area contributed by atoms with Gasteiger partial charge in [-0.25, -0.2) is 0 Å². The van der Waals surface area contributed by atoms with Crippen LogP contribution in [0.2, 0.25) is 0 Å². The zero-order valence-corrected chi connectivity index (χ0v) is 16.8. The number of hydrogen-bond acceptors (Lipinski definition) is 4. The number of benzene rings is 1. The van der Waals surface area contributed by atoms with Crippen LogP contribution in [-0.4, -0.2) is 64.8 Å². The summed E-state index contributed by atoms with van der Waals surface area (Å²) in [5.74, 6) is 0.655. The Kier molecular flexibility index (Phi) is 6.07. The monoisotopic (exact) mass is 381 g/mol. The molecule has 0 radical (unpaired) electrons. The third kappa shape index (κ3) is 4.62. The lowest BCUT2D eigenvalue weighted by molar-refractivity contribution is -0.133. The van der Waals surface area contributed by atoms with E-state index in [0.29, 0.717) is 12.5 Å². The molecule has 150 valence electrons. The maximum Gasteiger partial charge on any atom is 0.244 e. The number of nitrogens with one attached hydrogen (secondary N) is 1. The predicted octanol–water partition coefficient (Wildman–Crippen LogP) is 2.00. The average Bonchev–Trinajstić information content (AvgIpc) is 3.19. The lowest BCUT2D eigenvalue weighted by atomic mass is 9.97. The maximum atomic E-state index is 12.7. The molecule has 1 aromatic carbocycles. The Morgan fingerprint density at radius 3 is 2.75 bits per heavy atom. The Bertz CT molecular complexity index is 788. The molecule has 28 heavy (non-hydrogen) atoms. The van der Waals surface area contributed by atoms with Gasteiger partial charge in [-0.1, -0.05) is 24.3 Å². The van der Waals surface area contributed by atoms with Crippen molar-refractivity contribution in [3.05, 3.63) is 53.3 Å². The fourth-order valence-corrected chi connectivity index (χ4v) is 4.21. The van der Waals surface area contributed by atoms with Crippen LogP contribution in [0, 0.1) is 6.92 Å². The molecule has 2 fully saturated rings. The normalized spacial score (nSPS) is 21.0. The molecule has 1 amide bonds. The highest BCUT2D eigenvalue weighted by atomic mass is 16.2. The van der Waals surface area contributed by atoms with E-state index in [2.05, 4.69) is 52.6 Å². The van der Waals surface area contributed by atoms with Crippen molar-refractivity contribution in [3.8, 4) is 0 Å². The summed E-state index contributed by atoms with van der Waals surface area (Å²) in [4.78, 5) is 17.1. The van der Waals surface area contributed by atoms with Crippen molar-refractivity contribution < 1.29 is 4.79 Å². The standard InChI is InChI=1S/C22H31N5O/c1-18-5-2-3-6-20(18)16-25-11-13-26(14-12-25)22(28)17-27-10-8-21(24-27)19-7-4-9-23-15-19/h2-3,5-6,8,10,19,23H,4,7,9,11-17H2,1H3. The summed E-state index contributed by atoms with van der Waals surface area (Å²) in [6, 6.07) is 10.6. The molecule has 1 N–H and O–H groups in total. The van der Waals surface area contributed by atoms with E-state index in [0.717, 1.165) is 51.5 Å². The second-order valence-corrected chi connectivity index (χ2v) is 8.06.